The average molecular weight is 253 g/mol. The summed E-state index contributed by atoms with van der Waals surface area (Å²) in [5.41, 5.74) is 3.46. The van der Waals surface area contributed by atoms with Crippen LogP contribution in [0.25, 0.3) is 0 Å². The Morgan fingerprint density at radius 3 is 2.53 bits per heavy atom. The lowest BCUT2D eigenvalue weighted by Gasteiger charge is -2.10. The SMILES string of the molecule is Cc1ccc(Oc2ccc(CO)cc2C#N)cc1C. The molecule has 0 bridgehead atoms. The average Bonchev–Trinajstić information content (AvgIpc) is 2.43. The number of nitrogens with zero attached hydrogens (tertiary/aromatic N) is 1. The molecule has 3 nitrogen and oxygen atoms in total. The molecule has 0 radical (unpaired) electrons. The van der Waals surface area contributed by atoms with Crippen LogP contribution in [0.2, 0.25) is 0 Å². The Kier molecular flexibility index (Phi) is 3.84. The standard InChI is InChI=1S/C16H15NO2/c1-11-3-5-15(7-12(11)2)19-16-6-4-13(10-18)8-14(16)9-17/h3-8,18H,10H2,1-2H3. The van der Waals surface area contributed by atoms with E-state index in [1.165, 1.54) is 5.56 Å². The first-order valence-electron chi connectivity index (χ1n) is 6.03. The van der Waals surface area contributed by atoms with Crippen LogP contribution in [0, 0.1) is 25.2 Å². The Labute approximate surface area is 112 Å². The van der Waals surface area contributed by atoms with Crippen molar-refractivity contribution in [3.63, 3.8) is 0 Å². The van der Waals surface area contributed by atoms with E-state index in [-0.39, 0.29) is 6.61 Å². The van der Waals surface area contributed by atoms with E-state index in [0.717, 1.165) is 5.56 Å². The lowest BCUT2D eigenvalue weighted by atomic mass is 10.1. The monoisotopic (exact) mass is 253 g/mol. The summed E-state index contributed by atoms with van der Waals surface area (Å²) >= 11 is 0. The second-order valence-corrected chi connectivity index (χ2v) is 4.45. The van der Waals surface area contributed by atoms with Crippen molar-refractivity contribution in [1.82, 2.24) is 0 Å². The Morgan fingerprint density at radius 2 is 1.89 bits per heavy atom. The molecule has 2 rings (SSSR count). The summed E-state index contributed by atoms with van der Waals surface area (Å²) in [6, 6.07) is 13.0. The molecule has 0 spiro atoms. The molecule has 96 valence electrons. The van der Waals surface area contributed by atoms with E-state index in [2.05, 4.69) is 6.07 Å². The molecular formula is C16H15NO2. The summed E-state index contributed by atoms with van der Waals surface area (Å²) < 4.78 is 5.73. The van der Waals surface area contributed by atoms with Crippen LogP contribution in [0.5, 0.6) is 11.5 Å². The highest BCUT2D eigenvalue weighted by Crippen LogP contribution is 2.27. The molecule has 0 aliphatic carbocycles. The van der Waals surface area contributed by atoms with Crippen molar-refractivity contribution in [1.29, 1.82) is 5.26 Å². The molecule has 0 saturated heterocycles. The number of benzene rings is 2. The van der Waals surface area contributed by atoms with E-state index in [1.807, 2.05) is 32.0 Å². The van der Waals surface area contributed by atoms with E-state index >= 15 is 0 Å². The van der Waals surface area contributed by atoms with E-state index in [0.29, 0.717) is 22.6 Å². The first-order valence-corrected chi connectivity index (χ1v) is 6.03. The van der Waals surface area contributed by atoms with Crippen LogP contribution >= 0.6 is 0 Å². The molecule has 0 heterocycles. The Morgan fingerprint density at radius 1 is 1.11 bits per heavy atom. The lowest BCUT2D eigenvalue weighted by molar-refractivity contribution is 0.281. The zero-order valence-corrected chi connectivity index (χ0v) is 11.0. The van der Waals surface area contributed by atoms with E-state index in [1.54, 1.807) is 18.2 Å². The first-order chi connectivity index (χ1) is 9.13. The van der Waals surface area contributed by atoms with Gasteiger partial charge in [0.1, 0.15) is 17.6 Å². The minimum atomic E-state index is -0.0847. The zero-order chi connectivity index (χ0) is 13.8. The van der Waals surface area contributed by atoms with Gasteiger partial charge in [0.15, 0.2) is 0 Å². The van der Waals surface area contributed by atoms with Gasteiger partial charge in [-0.05, 0) is 54.8 Å². The summed E-state index contributed by atoms with van der Waals surface area (Å²) in [6.07, 6.45) is 0. The molecule has 0 amide bonds. The normalized spacial score (nSPS) is 10.0. The molecule has 0 aliphatic heterocycles. The Hall–Kier alpha value is -2.31. The van der Waals surface area contributed by atoms with Crippen molar-refractivity contribution in [2.45, 2.75) is 20.5 Å². The highest BCUT2D eigenvalue weighted by Gasteiger charge is 2.06. The van der Waals surface area contributed by atoms with Crippen molar-refractivity contribution in [3.05, 3.63) is 58.7 Å². The predicted octanol–water partition coefficient (Wildman–Crippen LogP) is 3.46. The van der Waals surface area contributed by atoms with Gasteiger partial charge in [0.25, 0.3) is 0 Å². The van der Waals surface area contributed by atoms with E-state index < -0.39 is 0 Å². The zero-order valence-electron chi connectivity index (χ0n) is 11.0. The lowest BCUT2D eigenvalue weighted by Crippen LogP contribution is -1.92. The molecule has 19 heavy (non-hydrogen) atoms. The second-order valence-electron chi connectivity index (χ2n) is 4.45. The molecule has 2 aromatic rings. The number of rotatable bonds is 3. The molecule has 0 aromatic heterocycles. The van der Waals surface area contributed by atoms with Gasteiger partial charge in [-0.15, -0.1) is 0 Å². The quantitative estimate of drug-likeness (QED) is 0.911. The molecule has 0 atom stereocenters. The van der Waals surface area contributed by atoms with Gasteiger partial charge in [-0.3, -0.25) is 0 Å². The minimum Gasteiger partial charge on any atom is -0.456 e. The van der Waals surface area contributed by atoms with Crippen molar-refractivity contribution in [2.75, 3.05) is 0 Å². The molecule has 0 fully saturated rings. The molecule has 2 aromatic carbocycles. The van der Waals surface area contributed by atoms with Crippen LogP contribution in [0.1, 0.15) is 22.3 Å². The summed E-state index contributed by atoms with van der Waals surface area (Å²) in [5, 5.41) is 18.2. The van der Waals surface area contributed by atoms with Gasteiger partial charge in [-0.2, -0.15) is 5.26 Å². The molecule has 0 saturated carbocycles. The molecule has 3 heteroatoms. The third kappa shape index (κ3) is 2.93. The summed E-state index contributed by atoms with van der Waals surface area (Å²) in [6.45, 7) is 3.97. The van der Waals surface area contributed by atoms with Crippen LogP contribution in [0.15, 0.2) is 36.4 Å². The maximum Gasteiger partial charge on any atom is 0.145 e. The van der Waals surface area contributed by atoms with Crippen molar-refractivity contribution >= 4 is 0 Å². The van der Waals surface area contributed by atoms with Crippen LogP contribution in [0.3, 0.4) is 0 Å². The Bertz CT molecular complexity index is 642. The number of aliphatic hydroxyl groups is 1. The highest BCUT2D eigenvalue weighted by molar-refractivity contribution is 5.48. The summed E-state index contributed by atoms with van der Waals surface area (Å²) in [4.78, 5) is 0. The predicted molar refractivity (Wildman–Crippen MR) is 73.1 cm³/mol. The summed E-state index contributed by atoms with van der Waals surface area (Å²) in [7, 11) is 0. The van der Waals surface area contributed by atoms with Crippen LogP contribution < -0.4 is 4.74 Å². The number of ether oxygens (including phenoxy) is 1. The maximum atomic E-state index is 9.10. The third-order valence-electron chi connectivity index (χ3n) is 3.05. The van der Waals surface area contributed by atoms with Crippen LogP contribution in [-0.2, 0) is 6.61 Å². The Balaban J connectivity index is 2.33. The van der Waals surface area contributed by atoms with Gasteiger partial charge in [-0.1, -0.05) is 12.1 Å². The van der Waals surface area contributed by atoms with E-state index in [9.17, 15) is 0 Å². The van der Waals surface area contributed by atoms with Gasteiger partial charge in [0, 0.05) is 0 Å². The fraction of sp³-hybridized carbons (Fsp3) is 0.188. The number of nitriles is 1. The first kappa shape index (κ1) is 13.1. The van der Waals surface area contributed by atoms with Crippen molar-refractivity contribution in [3.8, 4) is 17.6 Å². The van der Waals surface area contributed by atoms with Gasteiger partial charge in [0.05, 0.1) is 12.2 Å². The van der Waals surface area contributed by atoms with E-state index in [4.69, 9.17) is 15.1 Å². The number of hydrogen-bond acceptors (Lipinski definition) is 3. The molecule has 0 unspecified atom stereocenters. The number of aliphatic hydroxyl groups excluding tert-OH is 1. The molecule has 0 aliphatic rings. The second kappa shape index (κ2) is 5.55. The van der Waals surface area contributed by atoms with Crippen molar-refractivity contribution in [2.24, 2.45) is 0 Å². The maximum absolute atomic E-state index is 9.10. The number of aryl methyl sites for hydroxylation is 2. The fourth-order valence-electron chi connectivity index (χ4n) is 1.76. The van der Waals surface area contributed by atoms with Crippen LogP contribution in [-0.4, -0.2) is 5.11 Å². The van der Waals surface area contributed by atoms with Crippen molar-refractivity contribution < 1.29 is 9.84 Å². The van der Waals surface area contributed by atoms with Gasteiger partial charge >= 0.3 is 0 Å². The smallest absolute Gasteiger partial charge is 0.145 e. The largest absolute Gasteiger partial charge is 0.456 e. The number of hydrogen-bond donors (Lipinski definition) is 1. The highest BCUT2D eigenvalue weighted by atomic mass is 16.5. The van der Waals surface area contributed by atoms with Gasteiger partial charge < -0.3 is 9.84 Å². The molecular weight excluding hydrogens is 238 g/mol. The van der Waals surface area contributed by atoms with Crippen LogP contribution in [0.4, 0.5) is 0 Å². The molecule has 1 N–H and O–H groups in total. The summed E-state index contributed by atoms with van der Waals surface area (Å²) in [5.74, 6) is 1.21. The topological polar surface area (TPSA) is 53.2 Å². The minimum absolute atomic E-state index is 0.0847. The third-order valence-corrected chi connectivity index (χ3v) is 3.05. The van der Waals surface area contributed by atoms with Gasteiger partial charge in [0.2, 0.25) is 0 Å². The van der Waals surface area contributed by atoms with Gasteiger partial charge in [-0.25, -0.2) is 0 Å². The fourth-order valence-corrected chi connectivity index (χ4v) is 1.76.